The molecule has 0 spiro atoms. The lowest BCUT2D eigenvalue weighted by Gasteiger charge is -2.16. The summed E-state index contributed by atoms with van der Waals surface area (Å²) < 4.78 is 11.0. The highest BCUT2D eigenvalue weighted by atomic mass is 127. The zero-order chi connectivity index (χ0) is 19.2. The molecule has 0 saturated heterocycles. The van der Waals surface area contributed by atoms with Gasteiger partial charge in [-0.3, -0.25) is 0 Å². The monoisotopic (exact) mass is 495 g/mol. The zero-order valence-corrected chi connectivity index (χ0v) is 18.6. The Hall–Kier alpha value is -2.42. The Morgan fingerprint density at radius 3 is 2.68 bits per heavy atom. The van der Waals surface area contributed by atoms with Crippen molar-refractivity contribution in [1.29, 1.82) is 0 Å². The first-order chi connectivity index (χ1) is 13.1. The number of phenolic OH excluding ortho intramolecular Hbond substituents is 1. The van der Waals surface area contributed by atoms with Crippen LogP contribution in [0.1, 0.15) is 31.2 Å². The number of aromatic hydroxyl groups is 1. The molecule has 0 aliphatic carbocycles. The van der Waals surface area contributed by atoms with E-state index >= 15 is 0 Å². The van der Waals surface area contributed by atoms with Crippen molar-refractivity contribution >= 4 is 40.9 Å². The van der Waals surface area contributed by atoms with Gasteiger partial charge in [-0.15, -0.1) is 24.0 Å². The fourth-order valence-electron chi connectivity index (χ4n) is 2.82. The summed E-state index contributed by atoms with van der Waals surface area (Å²) >= 11 is 0. The highest BCUT2D eigenvalue weighted by Crippen LogP contribution is 2.26. The predicted molar refractivity (Wildman–Crippen MR) is 123 cm³/mol. The van der Waals surface area contributed by atoms with Crippen molar-refractivity contribution in [3.63, 3.8) is 0 Å². The molecule has 1 aromatic heterocycles. The van der Waals surface area contributed by atoms with E-state index in [1.807, 2.05) is 50.2 Å². The van der Waals surface area contributed by atoms with E-state index in [4.69, 9.17) is 9.15 Å². The fourth-order valence-corrected chi connectivity index (χ4v) is 2.82. The van der Waals surface area contributed by atoms with E-state index in [9.17, 15) is 5.11 Å². The summed E-state index contributed by atoms with van der Waals surface area (Å²) in [5.41, 5.74) is 1.76. The van der Waals surface area contributed by atoms with Crippen LogP contribution in [0.5, 0.6) is 11.5 Å². The first-order valence-corrected chi connectivity index (χ1v) is 9.00. The number of benzene rings is 2. The second-order valence-electron chi connectivity index (χ2n) is 6.25. The molecule has 0 aliphatic rings. The average Bonchev–Trinajstić information content (AvgIpc) is 3.11. The number of furan rings is 1. The molecule has 0 fully saturated rings. The van der Waals surface area contributed by atoms with Gasteiger partial charge < -0.3 is 24.9 Å². The van der Waals surface area contributed by atoms with Crippen molar-refractivity contribution in [2.24, 2.45) is 4.99 Å². The zero-order valence-electron chi connectivity index (χ0n) is 16.2. The average molecular weight is 495 g/mol. The number of hydrogen-bond donors (Lipinski definition) is 3. The van der Waals surface area contributed by atoms with Gasteiger partial charge in [-0.25, -0.2) is 4.99 Å². The van der Waals surface area contributed by atoms with Crippen molar-refractivity contribution < 1.29 is 14.3 Å². The van der Waals surface area contributed by atoms with Gasteiger partial charge in [-0.2, -0.15) is 0 Å². The molecule has 150 valence electrons. The SMILES string of the molecule is CCNC(=NCc1ccc(OC)c(O)c1)NC(C)c1cc2ccccc2o1.I. The van der Waals surface area contributed by atoms with Crippen LogP contribution in [-0.4, -0.2) is 24.7 Å². The van der Waals surface area contributed by atoms with Gasteiger partial charge in [0.05, 0.1) is 19.7 Å². The van der Waals surface area contributed by atoms with E-state index in [0.29, 0.717) is 18.3 Å². The van der Waals surface area contributed by atoms with Gasteiger partial charge in [-0.05, 0) is 43.7 Å². The number of para-hydroxylation sites is 1. The maximum atomic E-state index is 9.91. The smallest absolute Gasteiger partial charge is 0.192 e. The molecule has 1 heterocycles. The Bertz CT molecular complexity index is 907. The second-order valence-corrected chi connectivity index (χ2v) is 6.25. The molecule has 3 N–H and O–H groups in total. The number of fused-ring (bicyclic) bond motifs is 1. The number of aliphatic imine (C=N–C) groups is 1. The number of guanidine groups is 1. The van der Waals surface area contributed by atoms with E-state index in [1.54, 1.807) is 12.1 Å². The number of nitrogens with zero attached hydrogens (tertiary/aromatic N) is 1. The first kappa shape index (κ1) is 21.9. The quantitative estimate of drug-likeness (QED) is 0.265. The van der Waals surface area contributed by atoms with Crippen LogP contribution in [0, 0.1) is 0 Å². The van der Waals surface area contributed by atoms with Gasteiger partial charge in [0, 0.05) is 11.9 Å². The third-order valence-electron chi connectivity index (χ3n) is 4.23. The minimum Gasteiger partial charge on any atom is -0.504 e. The van der Waals surface area contributed by atoms with Crippen LogP contribution < -0.4 is 15.4 Å². The topological polar surface area (TPSA) is 79.0 Å². The summed E-state index contributed by atoms with van der Waals surface area (Å²) in [7, 11) is 1.53. The van der Waals surface area contributed by atoms with Gasteiger partial charge >= 0.3 is 0 Å². The molecule has 7 heteroatoms. The van der Waals surface area contributed by atoms with Crippen LogP contribution in [0.2, 0.25) is 0 Å². The summed E-state index contributed by atoms with van der Waals surface area (Å²) in [6, 6.07) is 15.2. The van der Waals surface area contributed by atoms with E-state index in [1.165, 1.54) is 7.11 Å². The standard InChI is InChI=1S/C21H25N3O3.HI/c1-4-22-21(23-13-15-9-10-19(26-3)17(25)11-15)24-14(2)20-12-16-7-5-6-8-18(16)27-20;/h5-12,14,25H,4,13H2,1-3H3,(H2,22,23,24);1H. The minimum absolute atomic E-state index is 0. The number of ether oxygens (including phenoxy) is 1. The molecule has 1 unspecified atom stereocenters. The Labute approximate surface area is 182 Å². The van der Waals surface area contributed by atoms with Gasteiger partial charge in [0.15, 0.2) is 17.5 Å². The van der Waals surface area contributed by atoms with E-state index in [-0.39, 0.29) is 35.8 Å². The summed E-state index contributed by atoms with van der Waals surface area (Å²) in [5, 5.41) is 17.6. The summed E-state index contributed by atoms with van der Waals surface area (Å²) in [4.78, 5) is 4.60. The normalized spacial score (nSPS) is 12.3. The molecule has 0 amide bonds. The lowest BCUT2D eigenvalue weighted by Crippen LogP contribution is -2.38. The summed E-state index contributed by atoms with van der Waals surface area (Å²) in [6.45, 7) is 5.22. The molecule has 2 aromatic carbocycles. The van der Waals surface area contributed by atoms with Crippen LogP contribution in [0.3, 0.4) is 0 Å². The maximum Gasteiger partial charge on any atom is 0.192 e. The summed E-state index contributed by atoms with van der Waals surface area (Å²) in [6.07, 6.45) is 0. The van der Waals surface area contributed by atoms with Crippen LogP contribution >= 0.6 is 24.0 Å². The van der Waals surface area contributed by atoms with Gasteiger partial charge in [-0.1, -0.05) is 24.3 Å². The number of halogens is 1. The van der Waals surface area contributed by atoms with E-state index < -0.39 is 0 Å². The third kappa shape index (κ3) is 5.31. The highest BCUT2D eigenvalue weighted by molar-refractivity contribution is 14.0. The molecular weight excluding hydrogens is 469 g/mol. The van der Waals surface area contributed by atoms with Crippen LogP contribution in [-0.2, 0) is 6.54 Å². The Morgan fingerprint density at radius 1 is 1.21 bits per heavy atom. The Balaban J connectivity index is 0.00000280. The van der Waals surface area contributed by atoms with Gasteiger partial charge in [0.1, 0.15) is 11.3 Å². The van der Waals surface area contributed by atoms with E-state index in [0.717, 1.165) is 28.8 Å². The molecule has 28 heavy (non-hydrogen) atoms. The molecule has 0 aliphatic heterocycles. The van der Waals surface area contributed by atoms with Crippen molar-refractivity contribution in [2.75, 3.05) is 13.7 Å². The molecule has 0 saturated carbocycles. The summed E-state index contributed by atoms with van der Waals surface area (Å²) in [5.74, 6) is 2.09. The molecule has 0 radical (unpaired) electrons. The van der Waals surface area contributed by atoms with E-state index in [2.05, 4.69) is 15.6 Å². The second kappa shape index (κ2) is 10.2. The van der Waals surface area contributed by atoms with Gasteiger partial charge in [0.2, 0.25) is 0 Å². The van der Waals surface area contributed by atoms with Crippen LogP contribution in [0.15, 0.2) is 57.9 Å². The highest BCUT2D eigenvalue weighted by Gasteiger charge is 2.13. The molecule has 0 bridgehead atoms. The van der Waals surface area contributed by atoms with Crippen molar-refractivity contribution in [2.45, 2.75) is 26.4 Å². The molecule has 3 aromatic rings. The Kier molecular flexibility index (Phi) is 7.98. The lowest BCUT2D eigenvalue weighted by atomic mass is 10.2. The predicted octanol–water partition coefficient (Wildman–Crippen LogP) is 4.58. The molecular formula is C21H26IN3O3. The lowest BCUT2D eigenvalue weighted by molar-refractivity contribution is 0.373. The molecule has 1 atom stereocenters. The third-order valence-corrected chi connectivity index (χ3v) is 4.23. The largest absolute Gasteiger partial charge is 0.504 e. The van der Waals surface area contributed by atoms with Crippen LogP contribution in [0.25, 0.3) is 11.0 Å². The fraction of sp³-hybridized carbons (Fsp3) is 0.286. The number of methoxy groups -OCH3 is 1. The van der Waals surface area contributed by atoms with Crippen molar-refractivity contribution in [3.05, 3.63) is 59.9 Å². The van der Waals surface area contributed by atoms with Gasteiger partial charge in [0.25, 0.3) is 0 Å². The Morgan fingerprint density at radius 2 is 2.00 bits per heavy atom. The number of phenols is 1. The minimum atomic E-state index is -0.0422. The van der Waals surface area contributed by atoms with Crippen molar-refractivity contribution in [3.8, 4) is 11.5 Å². The number of nitrogens with one attached hydrogen (secondary N) is 2. The maximum absolute atomic E-state index is 9.91. The molecule has 3 rings (SSSR count). The molecule has 6 nitrogen and oxygen atoms in total. The number of hydrogen-bond acceptors (Lipinski definition) is 4. The number of rotatable bonds is 6. The van der Waals surface area contributed by atoms with Crippen molar-refractivity contribution in [1.82, 2.24) is 10.6 Å². The van der Waals surface area contributed by atoms with Crippen LogP contribution in [0.4, 0.5) is 0 Å². The first-order valence-electron chi connectivity index (χ1n) is 9.00.